The van der Waals surface area contributed by atoms with E-state index in [1.165, 1.54) is 0 Å². The molecule has 0 aromatic carbocycles. The number of carbonyl (C=O) groups excluding carboxylic acids is 2. The number of aromatic nitrogens is 4. The summed E-state index contributed by atoms with van der Waals surface area (Å²) in [7, 11) is 0. The molecule has 36 heavy (non-hydrogen) atoms. The Bertz CT molecular complexity index is 1160. The fourth-order valence-electron chi connectivity index (χ4n) is 4.98. The van der Waals surface area contributed by atoms with Crippen LogP contribution in [0.5, 0.6) is 0 Å². The number of carbonyl (C=O) groups is 2. The lowest BCUT2D eigenvalue weighted by molar-refractivity contribution is -0.143. The largest absolute Gasteiger partial charge is 0.452 e. The summed E-state index contributed by atoms with van der Waals surface area (Å²) in [5.41, 5.74) is 7.08. The number of amides is 1. The number of rotatable bonds is 8. The number of hydrogen-bond donors (Lipinski definition) is 2. The molecule has 192 valence electrons. The van der Waals surface area contributed by atoms with Crippen LogP contribution in [0.25, 0.3) is 11.2 Å². The van der Waals surface area contributed by atoms with Gasteiger partial charge in [-0.2, -0.15) is 0 Å². The number of nitrogens with zero attached hydrogens (tertiary/aromatic N) is 6. The SMILES string of the molecule is CC1[C@H](n2cnc3c(N)nc(C#CCC4CCN(COC=O)CC4)nc32)O[C@H](N(C=O)C2CC2)[C@H]1O. The highest BCUT2D eigenvalue weighted by Crippen LogP contribution is 2.40. The lowest BCUT2D eigenvalue weighted by atomic mass is 9.94. The number of fused-ring (bicyclic) bond motifs is 1. The Balaban J connectivity index is 1.30. The summed E-state index contributed by atoms with van der Waals surface area (Å²) in [5, 5.41) is 10.8. The number of nitrogens with two attached hydrogens (primary N) is 1. The van der Waals surface area contributed by atoms with Crippen LogP contribution in [-0.2, 0) is 19.1 Å². The fourth-order valence-corrected chi connectivity index (χ4v) is 4.98. The third-order valence-corrected chi connectivity index (χ3v) is 7.29. The standard InChI is InChI=1S/C24H31N7O5/c1-15-20(34)24(31(12-32)17-5-6-17)36-23(15)30-11-26-19-21(25)27-18(28-22(19)30)4-2-3-16-7-9-29(10-8-16)13-35-14-33/h11-12,14-17,20,23-24,34H,3,5-10,13H2,1H3,(H2,25,27,28)/t15?,20-,23+,24-/m0/s1. The van der Waals surface area contributed by atoms with Crippen molar-refractivity contribution >= 4 is 29.9 Å². The summed E-state index contributed by atoms with van der Waals surface area (Å²) in [6.07, 6.45) is 4.69. The van der Waals surface area contributed by atoms with E-state index in [0.717, 1.165) is 45.2 Å². The van der Waals surface area contributed by atoms with Crippen molar-refractivity contribution < 1.29 is 24.2 Å². The van der Waals surface area contributed by atoms with E-state index >= 15 is 0 Å². The third-order valence-electron chi connectivity index (χ3n) is 7.29. The summed E-state index contributed by atoms with van der Waals surface area (Å²) in [6.45, 7) is 4.41. The average molecular weight is 498 g/mol. The molecule has 5 rings (SSSR count). The minimum absolute atomic E-state index is 0.115. The third kappa shape index (κ3) is 4.86. The molecule has 4 heterocycles. The summed E-state index contributed by atoms with van der Waals surface area (Å²) < 4.78 is 12.7. The molecule has 1 amide bonds. The number of anilines is 1. The number of aliphatic hydroxyl groups is 1. The highest BCUT2D eigenvalue weighted by Gasteiger charge is 2.48. The van der Waals surface area contributed by atoms with Crippen molar-refractivity contribution in [2.45, 2.75) is 63.6 Å². The first-order valence-electron chi connectivity index (χ1n) is 12.3. The maximum absolute atomic E-state index is 11.6. The average Bonchev–Trinajstić information content (AvgIpc) is 3.57. The van der Waals surface area contributed by atoms with Crippen LogP contribution in [0.2, 0.25) is 0 Å². The molecule has 3 N–H and O–H groups in total. The van der Waals surface area contributed by atoms with Crippen LogP contribution in [0.4, 0.5) is 5.82 Å². The van der Waals surface area contributed by atoms with Crippen molar-refractivity contribution in [2.24, 2.45) is 11.8 Å². The number of nitrogen functional groups attached to an aromatic ring is 1. The molecule has 3 aliphatic rings. The van der Waals surface area contributed by atoms with Crippen LogP contribution in [0.15, 0.2) is 6.33 Å². The molecule has 0 radical (unpaired) electrons. The van der Waals surface area contributed by atoms with Gasteiger partial charge in [0.2, 0.25) is 12.2 Å². The van der Waals surface area contributed by atoms with Crippen molar-refractivity contribution in [2.75, 3.05) is 25.6 Å². The van der Waals surface area contributed by atoms with Gasteiger partial charge >= 0.3 is 0 Å². The molecule has 1 unspecified atom stereocenters. The van der Waals surface area contributed by atoms with Gasteiger partial charge in [0.25, 0.3) is 6.47 Å². The number of piperidine rings is 1. The van der Waals surface area contributed by atoms with Gasteiger partial charge in [-0.1, -0.05) is 12.8 Å². The van der Waals surface area contributed by atoms with Crippen molar-refractivity contribution in [3.05, 3.63) is 12.2 Å². The minimum atomic E-state index is -0.840. The number of likely N-dealkylation sites (tertiary alicyclic amines) is 1. The molecule has 1 aliphatic carbocycles. The molecule has 1 saturated carbocycles. The van der Waals surface area contributed by atoms with E-state index in [1.54, 1.807) is 15.8 Å². The van der Waals surface area contributed by atoms with Gasteiger partial charge in [0.1, 0.15) is 24.6 Å². The molecule has 0 bridgehead atoms. The predicted molar refractivity (Wildman–Crippen MR) is 128 cm³/mol. The van der Waals surface area contributed by atoms with Gasteiger partial charge in [0.15, 0.2) is 17.7 Å². The number of imidazole rings is 1. The molecule has 2 saturated heterocycles. The Morgan fingerprint density at radius 2 is 2.06 bits per heavy atom. The number of aliphatic hydroxyl groups excluding tert-OH is 1. The predicted octanol–water partition coefficient (Wildman–Crippen LogP) is 0.465. The molecule has 0 spiro atoms. The van der Waals surface area contributed by atoms with Gasteiger partial charge in [0, 0.05) is 31.5 Å². The molecule has 3 fully saturated rings. The van der Waals surface area contributed by atoms with Crippen LogP contribution in [0.3, 0.4) is 0 Å². The first-order chi connectivity index (χ1) is 17.5. The van der Waals surface area contributed by atoms with Crippen LogP contribution in [0.1, 0.15) is 51.1 Å². The van der Waals surface area contributed by atoms with Gasteiger partial charge in [-0.3, -0.25) is 19.1 Å². The van der Waals surface area contributed by atoms with Gasteiger partial charge in [-0.05, 0) is 37.5 Å². The molecule has 12 heteroatoms. The Kier molecular flexibility index (Phi) is 7.04. The van der Waals surface area contributed by atoms with E-state index in [-0.39, 0.29) is 17.8 Å². The van der Waals surface area contributed by atoms with Crippen LogP contribution < -0.4 is 5.73 Å². The van der Waals surface area contributed by atoms with Gasteiger partial charge in [0.05, 0.1) is 6.33 Å². The molecule has 2 aromatic heterocycles. The topological polar surface area (TPSA) is 149 Å². The Labute approximate surface area is 208 Å². The summed E-state index contributed by atoms with van der Waals surface area (Å²) >= 11 is 0. The Morgan fingerprint density at radius 3 is 2.75 bits per heavy atom. The molecule has 4 atom stereocenters. The van der Waals surface area contributed by atoms with Gasteiger partial charge in [-0.15, -0.1) is 0 Å². The van der Waals surface area contributed by atoms with Crippen LogP contribution in [-0.4, -0.2) is 85.5 Å². The second-order valence-electron chi connectivity index (χ2n) is 9.77. The lowest BCUT2D eigenvalue weighted by Gasteiger charge is -2.29. The second kappa shape index (κ2) is 10.4. The normalized spacial score (nSPS) is 26.9. The van der Waals surface area contributed by atoms with E-state index in [9.17, 15) is 14.7 Å². The number of hydrogen-bond acceptors (Lipinski definition) is 10. The van der Waals surface area contributed by atoms with E-state index in [0.29, 0.717) is 42.5 Å². The maximum atomic E-state index is 11.6. The monoisotopic (exact) mass is 497 g/mol. The Morgan fingerprint density at radius 1 is 1.28 bits per heavy atom. The zero-order valence-corrected chi connectivity index (χ0v) is 20.2. The maximum Gasteiger partial charge on any atom is 0.294 e. The van der Waals surface area contributed by atoms with Crippen molar-refractivity contribution in [1.82, 2.24) is 29.3 Å². The molecular formula is C24H31N7O5. The van der Waals surface area contributed by atoms with Crippen molar-refractivity contribution in [3.63, 3.8) is 0 Å². The van der Waals surface area contributed by atoms with Crippen LogP contribution in [0, 0.1) is 23.7 Å². The van der Waals surface area contributed by atoms with Crippen molar-refractivity contribution in [3.8, 4) is 11.8 Å². The quantitative estimate of drug-likeness (QED) is 0.389. The molecular weight excluding hydrogens is 466 g/mol. The smallest absolute Gasteiger partial charge is 0.294 e. The minimum Gasteiger partial charge on any atom is -0.452 e. The first kappa shape index (κ1) is 24.4. The van der Waals surface area contributed by atoms with E-state index in [4.69, 9.17) is 15.2 Å². The lowest BCUT2D eigenvalue weighted by Crippen LogP contribution is -2.43. The van der Waals surface area contributed by atoms with E-state index in [1.807, 2.05) is 6.92 Å². The summed E-state index contributed by atoms with van der Waals surface area (Å²) in [5.74, 6) is 6.89. The van der Waals surface area contributed by atoms with E-state index in [2.05, 4.69) is 31.7 Å². The highest BCUT2D eigenvalue weighted by molar-refractivity contribution is 5.82. The van der Waals surface area contributed by atoms with Gasteiger partial charge < -0.3 is 25.2 Å². The number of ether oxygens (including phenoxy) is 2. The van der Waals surface area contributed by atoms with E-state index < -0.39 is 18.6 Å². The molecule has 12 nitrogen and oxygen atoms in total. The van der Waals surface area contributed by atoms with Crippen molar-refractivity contribution in [1.29, 1.82) is 0 Å². The zero-order valence-electron chi connectivity index (χ0n) is 20.2. The van der Waals surface area contributed by atoms with Crippen LogP contribution >= 0.6 is 0 Å². The summed E-state index contributed by atoms with van der Waals surface area (Å²) in [4.78, 5) is 38.9. The molecule has 2 aromatic rings. The Hall–Kier alpha value is -3.27. The summed E-state index contributed by atoms with van der Waals surface area (Å²) in [6, 6.07) is 0.115. The first-order valence-corrected chi connectivity index (χ1v) is 12.3. The van der Waals surface area contributed by atoms with Gasteiger partial charge in [-0.25, -0.2) is 15.0 Å². The molecule has 2 aliphatic heterocycles. The zero-order chi connectivity index (χ0) is 25.2. The highest BCUT2D eigenvalue weighted by atomic mass is 16.6. The second-order valence-corrected chi connectivity index (χ2v) is 9.77. The fraction of sp³-hybridized carbons (Fsp3) is 0.625.